The number of fused-ring (bicyclic) bond motifs is 1. The van der Waals surface area contributed by atoms with Gasteiger partial charge in [-0.3, -0.25) is 4.79 Å². The molecule has 4 heteroatoms. The van der Waals surface area contributed by atoms with E-state index >= 15 is 0 Å². The van der Waals surface area contributed by atoms with E-state index in [-0.39, 0.29) is 0 Å². The first-order valence-corrected chi connectivity index (χ1v) is 6.33. The van der Waals surface area contributed by atoms with E-state index in [1.54, 1.807) is 21.0 Å². The standard InChI is InChI=1S/C15H19NO3/c1-5-16-12-9-11(19-4)7-6-10(12)8-13(16)15(2,3)14(17)18/h6-9H,5H2,1-4H3,(H,17,18). The van der Waals surface area contributed by atoms with Crippen molar-refractivity contribution in [2.24, 2.45) is 0 Å². The summed E-state index contributed by atoms with van der Waals surface area (Å²) in [6.07, 6.45) is 0. The van der Waals surface area contributed by atoms with Gasteiger partial charge in [0.1, 0.15) is 11.2 Å². The third-order valence-corrected chi connectivity index (χ3v) is 3.60. The quantitative estimate of drug-likeness (QED) is 0.920. The smallest absolute Gasteiger partial charge is 0.315 e. The summed E-state index contributed by atoms with van der Waals surface area (Å²) in [5, 5.41) is 10.4. The fraction of sp³-hybridized carbons (Fsp3) is 0.400. The molecule has 1 aromatic heterocycles. The van der Waals surface area contributed by atoms with Gasteiger partial charge in [-0.15, -0.1) is 0 Å². The van der Waals surface area contributed by atoms with Gasteiger partial charge in [0.2, 0.25) is 0 Å². The van der Waals surface area contributed by atoms with E-state index in [0.717, 1.165) is 28.9 Å². The first kappa shape index (κ1) is 13.5. The minimum Gasteiger partial charge on any atom is -0.497 e. The molecule has 19 heavy (non-hydrogen) atoms. The first-order valence-electron chi connectivity index (χ1n) is 6.33. The van der Waals surface area contributed by atoms with Crippen molar-refractivity contribution < 1.29 is 14.6 Å². The number of aromatic nitrogens is 1. The molecule has 1 aromatic carbocycles. The summed E-state index contributed by atoms with van der Waals surface area (Å²) < 4.78 is 7.27. The molecule has 0 spiro atoms. The third-order valence-electron chi connectivity index (χ3n) is 3.60. The molecule has 0 bridgehead atoms. The van der Waals surface area contributed by atoms with Crippen LogP contribution in [0.25, 0.3) is 10.9 Å². The summed E-state index contributed by atoms with van der Waals surface area (Å²) in [5.41, 5.74) is 0.902. The largest absolute Gasteiger partial charge is 0.497 e. The molecule has 0 atom stereocenters. The second-order valence-corrected chi connectivity index (χ2v) is 5.13. The van der Waals surface area contributed by atoms with Gasteiger partial charge in [-0.05, 0) is 39.0 Å². The Hall–Kier alpha value is -1.97. The number of benzene rings is 1. The number of aryl methyl sites for hydroxylation is 1. The molecule has 2 aromatic rings. The van der Waals surface area contributed by atoms with Crippen molar-refractivity contribution in [3.8, 4) is 5.75 Å². The molecule has 1 heterocycles. The van der Waals surface area contributed by atoms with Gasteiger partial charge in [0.05, 0.1) is 12.6 Å². The van der Waals surface area contributed by atoms with Crippen molar-refractivity contribution >= 4 is 16.9 Å². The molecule has 1 N–H and O–H groups in total. The Labute approximate surface area is 112 Å². The Balaban J connectivity index is 2.72. The molecule has 0 radical (unpaired) electrons. The van der Waals surface area contributed by atoms with Crippen molar-refractivity contribution in [3.63, 3.8) is 0 Å². The maximum atomic E-state index is 11.5. The summed E-state index contributed by atoms with van der Waals surface area (Å²) in [5.74, 6) is -0.0445. The van der Waals surface area contributed by atoms with Crippen LogP contribution in [0.3, 0.4) is 0 Å². The number of ether oxygens (including phenoxy) is 1. The van der Waals surface area contributed by atoms with Crippen LogP contribution >= 0.6 is 0 Å². The zero-order valence-electron chi connectivity index (χ0n) is 11.7. The highest BCUT2D eigenvalue weighted by atomic mass is 16.5. The van der Waals surface area contributed by atoms with E-state index in [1.165, 1.54) is 0 Å². The van der Waals surface area contributed by atoms with Crippen LogP contribution in [0.2, 0.25) is 0 Å². The van der Waals surface area contributed by atoms with Crippen LogP contribution in [0.4, 0.5) is 0 Å². The summed E-state index contributed by atoms with van der Waals surface area (Å²) in [7, 11) is 1.63. The van der Waals surface area contributed by atoms with Crippen molar-refractivity contribution in [2.45, 2.75) is 32.7 Å². The average Bonchev–Trinajstić information content (AvgIpc) is 2.76. The van der Waals surface area contributed by atoms with Gasteiger partial charge in [-0.25, -0.2) is 0 Å². The highest BCUT2D eigenvalue weighted by molar-refractivity contribution is 5.87. The number of rotatable bonds is 4. The third kappa shape index (κ3) is 2.07. The van der Waals surface area contributed by atoms with Crippen molar-refractivity contribution in [2.75, 3.05) is 7.11 Å². The number of hydrogen-bond acceptors (Lipinski definition) is 2. The molecule has 0 aliphatic carbocycles. The molecule has 0 amide bonds. The van der Waals surface area contributed by atoms with E-state index < -0.39 is 11.4 Å². The highest BCUT2D eigenvalue weighted by Crippen LogP contribution is 2.32. The van der Waals surface area contributed by atoms with Crippen LogP contribution in [0.5, 0.6) is 5.75 Å². The Morgan fingerprint density at radius 3 is 2.58 bits per heavy atom. The van der Waals surface area contributed by atoms with E-state index in [9.17, 15) is 9.90 Å². The Kier molecular flexibility index (Phi) is 3.27. The number of hydrogen-bond donors (Lipinski definition) is 1. The van der Waals surface area contributed by atoms with Crippen LogP contribution in [0.15, 0.2) is 24.3 Å². The van der Waals surface area contributed by atoms with Gasteiger partial charge in [0.25, 0.3) is 0 Å². The van der Waals surface area contributed by atoms with Crippen molar-refractivity contribution in [1.29, 1.82) is 0 Å². The maximum absolute atomic E-state index is 11.5. The van der Waals surface area contributed by atoms with Gasteiger partial charge in [-0.2, -0.15) is 0 Å². The fourth-order valence-electron chi connectivity index (χ4n) is 2.33. The molecule has 0 fully saturated rings. The number of carboxylic acids is 1. The van der Waals surface area contributed by atoms with Crippen molar-refractivity contribution in [3.05, 3.63) is 30.0 Å². The van der Waals surface area contributed by atoms with Gasteiger partial charge < -0.3 is 14.4 Å². The Morgan fingerprint density at radius 2 is 2.05 bits per heavy atom. The topological polar surface area (TPSA) is 51.5 Å². The van der Waals surface area contributed by atoms with Gasteiger partial charge in [-0.1, -0.05) is 0 Å². The van der Waals surface area contributed by atoms with Gasteiger partial charge >= 0.3 is 5.97 Å². The number of aliphatic carboxylic acids is 1. The first-order chi connectivity index (χ1) is 8.91. The van der Waals surface area contributed by atoms with Crippen LogP contribution in [-0.2, 0) is 16.8 Å². The van der Waals surface area contributed by atoms with Crippen LogP contribution in [0, 0.1) is 0 Å². The number of methoxy groups -OCH3 is 1. The van der Waals surface area contributed by atoms with Gasteiger partial charge in [0.15, 0.2) is 0 Å². The monoisotopic (exact) mass is 261 g/mol. The van der Waals surface area contributed by atoms with Crippen LogP contribution in [0.1, 0.15) is 26.5 Å². The lowest BCUT2D eigenvalue weighted by molar-refractivity contribution is -0.142. The van der Waals surface area contributed by atoms with E-state index in [1.807, 2.05) is 35.8 Å². The predicted molar refractivity (Wildman–Crippen MR) is 74.8 cm³/mol. The summed E-state index contributed by atoms with van der Waals surface area (Å²) in [6.45, 7) is 6.20. The molecule has 0 aliphatic rings. The molecule has 4 nitrogen and oxygen atoms in total. The highest BCUT2D eigenvalue weighted by Gasteiger charge is 2.33. The number of carboxylic acid groups (broad SMARTS) is 1. The van der Waals surface area contributed by atoms with Gasteiger partial charge in [0, 0.05) is 23.7 Å². The van der Waals surface area contributed by atoms with E-state index in [0.29, 0.717) is 0 Å². The minimum absolute atomic E-state index is 0.725. The zero-order chi connectivity index (χ0) is 14.2. The lowest BCUT2D eigenvalue weighted by Gasteiger charge is -2.21. The Morgan fingerprint density at radius 1 is 1.37 bits per heavy atom. The second kappa shape index (κ2) is 4.61. The lowest BCUT2D eigenvalue weighted by Crippen LogP contribution is -2.31. The van der Waals surface area contributed by atoms with Crippen molar-refractivity contribution in [1.82, 2.24) is 4.57 Å². The Bertz CT molecular complexity index is 626. The molecule has 0 saturated heterocycles. The van der Waals surface area contributed by atoms with E-state index in [4.69, 9.17) is 4.74 Å². The maximum Gasteiger partial charge on any atom is 0.315 e. The number of nitrogens with zero attached hydrogens (tertiary/aromatic N) is 1. The molecule has 0 saturated carbocycles. The molecule has 2 rings (SSSR count). The van der Waals surface area contributed by atoms with Crippen LogP contribution in [-0.4, -0.2) is 22.8 Å². The van der Waals surface area contributed by atoms with E-state index in [2.05, 4.69) is 0 Å². The summed E-state index contributed by atoms with van der Waals surface area (Å²) in [6, 6.07) is 7.74. The minimum atomic E-state index is -0.914. The second-order valence-electron chi connectivity index (χ2n) is 5.13. The molecule has 0 unspecified atom stereocenters. The average molecular weight is 261 g/mol. The zero-order valence-corrected chi connectivity index (χ0v) is 11.7. The summed E-state index contributed by atoms with van der Waals surface area (Å²) >= 11 is 0. The lowest BCUT2D eigenvalue weighted by atomic mass is 9.89. The normalized spacial score (nSPS) is 11.8. The SMILES string of the molecule is CCn1c(C(C)(C)C(=O)O)cc2ccc(OC)cc21. The van der Waals surface area contributed by atoms with Crippen LogP contribution < -0.4 is 4.74 Å². The number of carbonyl (C=O) groups is 1. The summed E-state index contributed by atoms with van der Waals surface area (Å²) in [4.78, 5) is 11.5. The molecule has 102 valence electrons. The fourth-order valence-corrected chi connectivity index (χ4v) is 2.33. The molecular formula is C15H19NO3. The molecular weight excluding hydrogens is 242 g/mol. The predicted octanol–water partition coefficient (Wildman–Crippen LogP) is 3.03. The molecule has 0 aliphatic heterocycles.